The molecular weight excluding hydrogens is 316 g/mol. The van der Waals surface area contributed by atoms with Crippen molar-refractivity contribution in [3.63, 3.8) is 0 Å². The molecule has 114 valence electrons. The Morgan fingerprint density at radius 3 is 2.86 bits per heavy atom. The zero-order chi connectivity index (χ0) is 14.7. The molecule has 2 fully saturated rings. The SMILES string of the molecule is CC(c1ccccc1)N1CN(CC2CCCS2)CSC1=S. The van der Waals surface area contributed by atoms with Crippen molar-refractivity contribution in [1.29, 1.82) is 0 Å². The van der Waals surface area contributed by atoms with Crippen molar-refractivity contribution in [2.75, 3.05) is 24.8 Å². The van der Waals surface area contributed by atoms with Crippen molar-refractivity contribution < 1.29 is 0 Å². The highest BCUT2D eigenvalue weighted by Crippen LogP contribution is 2.31. The fourth-order valence-electron chi connectivity index (χ4n) is 2.92. The predicted octanol–water partition coefficient (Wildman–Crippen LogP) is 4.19. The Balaban J connectivity index is 1.64. The maximum absolute atomic E-state index is 5.60. The van der Waals surface area contributed by atoms with Gasteiger partial charge in [0.1, 0.15) is 4.32 Å². The average Bonchev–Trinajstić information content (AvgIpc) is 3.02. The molecule has 0 aliphatic carbocycles. The zero-order valence-corrected chi connectivity index (χ0v) is 14.9. The van der Waals surface area contributed by atoms with E-state index in [1.54, 1.807) is 0 Å². The van der Waals surface area contributed by atoms with Gasteiger partial charge in [-0.3, -0.25) is 4.90 Å². The number of hydrogen-bond acceptors (Lipinski definition) is 4. The Bertz CT molecular complexity index is 474. The van der Waals surface area contributed by atoms with Gasteiger partial charge in [-0.2, -0.15) is 11.8 Å². The molecule has 5 heteroatoms. The average molecular weight is 339 g/mol. The van der Waals surface area contributed by atoms with E-state index in [1.165, 1.54) is 30.7 Å². The number of rotatable bonds is 4. The number of nitrogens with zero attached hydrogens (tertiary/aromatic N) is 2. The van der Waals surface area contributed by atoms with Crippen molar-refractivity contribution in [2.45, 2.75) is 31.1 Å². The number of thioether (sulfide) groups is 2. The fourth-order valence-corrected chi connectivity index (χ4v) is 5.47. The number of thiocarbonyl (C=S) groups is 1. The van der Waals surface area contributed by atoms with Crippen LogP contribution in [0.3, 0.4) is 0 Å². The summed E-state index contributed by atoms with van der Waals surface area (Å²) in [6, 6.07) is 11.0. The minimum Gasteiger partial charge on any atom is -0.338 e. The molecule has 2 nitrogen and oxygen atoms in total. The van der Waals surface area contributed by atoms with Gasteiger partial charge in [0, 0.05) is 11.8 Å². The Kier molecular flexibility index (Phi) is 5.49. The first-order chi connectivity index (χ1) is 10.2. The van der Waals surface area contributed by atoms with Gasteiger partial charge in [0.15, 0.2) is 0 Å². The molecule has 21 heavy (non-hydrogen) atoms. The fraction of sp³-hybridized carbons (Fsp3) is 0.562. The second kappa shape index (κ2) is 7.36. The normalized spacial score (nSPS) is 25.3. The van der Waals surface area contributed by atoms with Gasteiger partial charge in [0.05, 0.1) is 18.6 Å². The van der Waals surface area contributed by atoms with E-state index in [0.29, 0.717) is 6.04 Å². The van der Waals surface area contributed by atoms with E-state index in [9.17, 15) is 0 Å². The molecule has 1 aromatic rings. The van der Waals surface area contributed by atoms with E-state index in [1.807, 2.05) is 11.8 Å². The van der Waals surface area contributed by atoms with Crippen LogP contribution in [-0.2, 0) is 0 Å². The molecule has 2 aliphatic heterocycles. The molecule has 2 saturated heterocycles. The van der Waals surface area contributed by atoms with Gasteiger partial charge in [0.2, 0.25) is 0 Å². The van der Waals surface area contributed by atoms with Crippen LogP contribution in [0.1, 0.15) is 31.4 Å². The van der Waals surface area contributed by atoms with Crippen LogP contribution in [0.5, 0.6) is 0 Å². The summed E-state index contributed by atoms with van der Waals surface area (Å²) in [7, 11) is 0. The molecule has 0 amide bonds. The van der Waals surface area contributed by atoms with E-state index < -0.39 is 0 Å². The van der Waals surface area contributed by atoms with Crippen LogP contribution in [0.25, 0.3) is 0 Å². The summed E-state index contributed by atoms with van der Waals surface area (Å²) < 4.78 is 1.04. The summed E-state index contributed by atoms with van der Waals surface area (Å²) in [6.07, 6.45) is 2.77. The van der Waals surface area contributed by atoms with Crippen LogP contribution in [0.4, 0.5) is 0 Å². The van der Waals surface area contributed by atoms with Crippen LogP contribution in [0.2, 0.25) is 0 Å². The Hall–Kier alpha value is -0.230. The standard InChI is InChI=1S/C16H22N2S3/c1-13(14-6-3-2-4-7-14)18-11-17(12-21-16(18)19)10-15-8-5-9-20-15/h2-4,6-7,13,15H,5,8-12H2,1H3. The van der Waals surface area contributed by atoms with E-state index >= 15 is 0 Å². The lowest BCUT2D eigenvalue weighted by Gasteiger charge is -2.41. The molecule has 2 aliphatic rings. The molecule has 2 atom stereocenters. The lowest BCUT2D eigenvalue weighted by molar-refractivity contribution is 0.182. The van der Waals surface area contributed by atoms with Crippen LogP contribution in [0, 0.1) is 0 Å². The maximum Gasteiger partial charge on any atom is 0.139 e. The van der Waals surface area contributed by atoms with Gasteiger partial charge in [-0.25, -0.2) is 0 Å². The molecule has 0 bridgehead atoms. The van der Waals surface area contributed by atoms with Crippen molar-refractivity contribution >= 4 is 40.1 Å². The Morgan fingerprint density at radius 2 is 2.14 bits per heavy atom. The maximum atomic E-state index is 5.60. The highest BCUT2D eigenvalue weighted by molar-refractivity contribution is 8.22. The lowest BCUT2D eigenvalue weighted by atomic mass is 10.1. The molecule has 0 N–H and O–H groups in total. The summed E-state index contributed by atoms with van der Waals surface area (Å²) in [5.74, 6) is 2.39. The first-order valence-corrected chi connectivity index (χ1v) is 10.0. The van der Waals surface area contributed by atoms with Gasteiger partial charge >= 0.3 is 0 Å². The molecule has 2 heterocycles. The molecule has 1 aromatic carbocycles. The van der Waals surface area contributed by atoms with Gasteiger partial charge in [-0.05, 0) is 31.1 Å². The Morgan fingerprint density at radius 1 is 1.33 bits per heavy atom. The summed E-state index contributed by atoms with van der Waals surface area (Å²) in [5, 5.41) is 0.825. The second-order valence-corrected chi connectivity index (χ2v) is 8.71. The van der Waals surface area contributed by atoms with Gasteiger partial charge in [-0.1, -0.05) is 54.3 Å². The third-order valence-corrected chi connectivity index (χ3v) is 7.14. The third kappa shape index (κ3) is 3.95. The smallest absolute Gasteiger partial charge is 0.139 e. The monoisotopic (exact) mass is 338 g/mol. The van der Waals surface area contributed by atoms with E-state index in [2.05, 4.69) is 58.8 Å². The molecule has 3 rings (SSSR count). The van der Waals surface area contributed by atoms with Crippen molar-refractivity contribution in [3.8, 4) is 0 Å². The van der Waals surface area contributed by atoms with Gasteiger partial charge < -0.3 is 4.90 Å². The first-order valence-electron chi connectivity index (χ1n) is 7.56. The number of hydrogen-bond donors (Lipinski definition) is 0. The van der Waals surface area contributed by atoms with E-state index in [4.69, 9.17) is 12.2 Å². The molecule has 0 radical (unpaired) electrons. The third-order valence-electron chi connectivity index (χ3n) is 4.19. The highest BCUT2D eigenvalue weighted by Gasteiger charge is 2.28. The molecule has 0 spiro atoms. The largest absolute Gasteiger partial charge is 0.338 e. The van der Waals surface area contributed by atoms with E-state index in [-0.39, 0.29) is 0 Å². The van der Waals surface area contributed by atoms with E-state index in [0.717, 1.165) is 22.1 Å². The molecular formula is C16H22N2S3. The quantitative estimate of drug-likeness (QED) is 0.757. The highest BCUT2D eigenvalue weighted by atomic mass is 32.2. The van der Waals surface area contributed by atoms with Gasteiger partial charge in [0.25, 0.3) is 0 Å². The van der Waals surface area contributed by atoms with Crippen LogP contribution in [-0.4, -0.2) is 44.2 Å². The van der Waals surface area contributed by atoms with Crippen molar-refractivity contribution in [3.05, 3.63) is 35.9 Å². The number of benzene rings is 1. The molecule has 2 unspecified atom stereocenters. The van der Waals surface area contributed by atoms with Crippen LogP contribution >= 0.6 is 35.7 Å². The first kappa shape index (κ1) is 15.7. The second-order valence-electron chi connectivity index (χ2n) is 5.73. The summed E-state index contributed by atoms with van der Waals surface area (Å²) in [4.78, 5) is 4.93. The summed E-state index contributed by atoms with van der Waals surface area (Å²) in [6.45, 7) is 4.44. The molecule has 0 saturated carbocycles. The lowest BCUT2D eigenvalue weighted by Crippen LogP contribution is -2.47. The minimum atomic E-state index is 0.352. The summed E-state index contributed by atoms with van der Waals surface area (Å²) in [5.41, 5.74) is 1.34. The molecule has 0 aromatic heterocycles. The van der Waals surface area contributed by atoms with Crippen molar-refractivity contribution in [1.82, 2.24) is 9.80 Å². The Labute approximate surface area is 141 Å². The zero-order valence-electron chi connectivity index (χ0n) is 12.4. The summed E-state index contributed by atoms with van der Waals surface area (Å²) >= 11 is 9.55. The van der Waals surface area contributed by atoms with Gasteiger partial charge in [-0.15, -0.1) is 0 Å². The minimum absolute atomic E-state index is 0.352. The topological polar surface area (TPSA) is 6.48 Å². The van der Waals surface area contributed by atoms with Crippen LogP contribution < -0.4 is 0 Å². The van der Waals surface area contributed by atoms with Crippen LogP contribution in [0.15, 0.2) is 30.3 Å². The predicted molar refractivity (Wildman–Crippen MR) is 98.8 cm³/mol. The van der Waals surface area contributed by atoms with Crippen molar-refractivity contribution in [2.24, 2.45) is 0 Å².